The number of rotatable bonds is 2. The molecule has 0 aliphatic carbocycles. The Bertz CT molecular complexity index is 937. The molecule has 2 aromatic rings. The predicted octanol–water partition coefficient (Wildman–Crippen LogP) is 0.788. The minimum absolute atomic E-state index is 0.297. The van der Waals surface area contributed by atoms with Crippen molar-refractivity contribution in [1.29, 1.82) is 0 Å². The van der Waals surface area contributed by atoms with Gasteiger partial charge in [-0.25, -0.2) is 9.97 Å². The summed E-state index contributed by atoms with van der Waals surface area (Å²) in [7, 11) is 0. The largest absolute Gasteiger partial charge is 0.367 e. The summed E-state index contributed by atoms with van der Waals surface area (Å²) in [4.78, 5) is 38.0. The van der Waals surface area contributed by atoms with Gasteiger partial charge < -0.3 is 9.97 Å². The van der Waals surface area contributed by atoms with E-state index in [9.17, 15) is 9.59 Å². The molecule has 0 saturated heterocycles. The zero-order valence-electron chi connectivity index (χ0n) is 10.2. The molecule has 6 heteroatoms. The molecule has 2 aromatic heterocycles. The van der Waals surface area contributed by atoms with Crippen molar-refractivity contribution >= 4 is 0 Å². The van der Waals surface area contributed by atoms with Gasteiger partial charge in [0.05, 0.1) is 21.8 Å². The van der Waals surface area contributed by atoms with Crippen molar-refractivity contribution in [2.75, 3.05) is 0 Å². The maximum absolute atomic E-state index is 12.1. The summed E-state index contributed by atoms with van der Waals surface area (Å²) in [6, 6.07) is 3.53. The van der Waals surface area contributed by atoms with Gasteiger partial charge in [-0.1, -0.05) is 0 Å². The smallest absolute Gasteiger partial charge is 0.280 e. The Labute approximate surface area is 111 Å². The van der Waals surface area contributed by atoms with Gasteiger partial charge in [0.1, 0.15) is 0 Å². The molecule has 0 spiro atoms. The minimum atomic E-state index is -0.415. The number of H-pyrrole nitrogens is 2. The Morgan fingerprint density at radius 2 is 1.20 bits per heavy atom. The van der Waals surface area contributed by atoms with Crippen molar-refractivity contribution in [2.45, 2.75) is 0 Å². The van der Waals surface area contributed by atoms with Gasteiger partial charge in [-0.3, -0.25) is 9.59 Å². The second kappa shape index (κ2) is 3.74. The van der Waals surface area contributed by atoms with Gasteiger partial charge in [0.15, 0.2) is 0 Å². The molecule has 0 aromatic carbocycles. The molecule has 0 unspecified atom stereocenters. The fourth-order valence-electron chi connectivity index (χ4n) is 2.44. The van der Waals surface area contributed by atoms with Crippen LogP contribution in [-0.2, 0) is 0 Å². The van der Waals surface area contributed by atoms with Crippen molar-refractivity contribution in [3.63, 3.8) is 0 Å². The van der Waals surface area contributed by atoms with Crippen LogP contribution >= 0.6 is 0 Å². The molecule has 4 rings (SSSR count). The van der Waals surface area contributed by atoms with Crippen LogP contribution in [0.15, 0.2) is 46.5 Å². The van der Waals surface area contributed by atoms with Crippen LogP contribution in [0.3, 0.4) is 0 Å². The van der Waals surface area contributed by atoms with E-state index in [0.717, 1.165) is 0 Å². The van der Waals surface area contributed by atoms with Gasteiger partial charge in [-0.05, 0) is 12.1 Å². The highest BCUT2D eigenvalue weighted by atomic mass is 16.1. The van der Waals surface area contributed by atoms with Crippen LogP contribution in [0.25, 0.3) is 22.5 Å². The van der Waals surface area contributed by atoms with Crippen molar-refractivity contribution in [3.05, 3.63) is 68.1 Å². The van der Waals surface area contributed by atoms with E-state index in [2.05, 4.69) is 19.9 Å². The van der Waals surface area contributed by atoms with Gasteiger partial charge in [-0.15, -0.1) is 0 Å². The van der Waals surface area contributed by atoms with E-state index < -0.39 is 11.1 Å². The van der Waals surface area contributed by atoms with Gasteiger partial charge >= 0.3 is 0 Å². The number of hydrogen-bond donors (Lipinski definition) is 2. The molecular formula is C14H8N4O2. The summed E-state index contributed by atoms with van der Waals surface area (Å²) in [5.74, 6) is 0. The molecule has 96 valence electrons. The Balaban J connectivity index is 2.17. The maximum Gasteiger partial charge on any atom is 0.280 e. The summed E-state index contributed by atoms with van der Waals surface area (Å²) < 4.78 is 0. The molecule has 2 aliphatic heterocycles. The second-order valence-electron chi connectivity index (χ2n) is 4.48. The van der Waals surface area contributed by atoms with Gasteiger partial charge in [0, 0.05) is 35.9 Å². The predicted molar refractivity (Wildman–Crippen MR) is 71.8 cm³/mol. The Morgan fingerprint density at radius 3 is 1.55 bits per heavy atom. The van der Waals surface area contributed by atoms with E-state index in [0.29, 0.717) is 33.0 Å². The van der Waals surface area contributed by atoms with E-state index in [-0.39, 0.29) is 0 Å². The summed E-state index contributed by atoms with van der Waals surface area (Å²) in [5, 5.41) is 0.594. The fourth-order valence-corrected chi connectivity index (χ4v) is 2.44. The Morgan fingerprint density at radius 1 is 0.750 bits per heavy atom. The van der Waals surface area contributed by atoms with Crippen LogP contribution in [0.2, 0.25) is 0 Å². The normalized spacial score (nSPS) is 11.4. The van der Waals surface area contributed by atoms with Gasteiger partial charge in [0.2, 0.25) is 0 Å². The lowest BCUT2D eigenvalue weighted by atomic mass is 10.2. The third kappa shape index (κ3) is 1.33. The number of aromatic amines is 2. The monoisotopic (exact) mass is 264 g/mol. The Hall–Kier alpha value is -3.02. The van der Waals surface area contributed by atoms with E-state index >= 15 is 0 Å². The zero-order chi connectivity index (χ0) is 13.7. The third-order valence-electron chi connectivity index (χ3n) is 3.32. The van der Waals surface area contributed by atoms with Crippen LogP contribution in [0.4, 0.5) is 0 Å². The van der Waals surface area contributed by atoms with E-state index in [1.807, 2.05) is 0 Å². The SMILES string of the molecule is O=c1nc(-c2cc[nH]c2)c2c(=O)nc(-c3cc[nH]c3)c1=2. The van der Waals surface area contributed by atoms with Crippen LogP contribution < -0.4 is 11.1 Å². The van der Waals surface area contributed by atoms with Crippen molar-refractivity contribution in [2.24, 2.45) is 0 Å². The Kier molecular flexibility index (Phi) is 2.03. The first-order valence-electron chi connectivity index (χ1n) is 6.03. The summed E-state index contributed by atoms with van der Waals surface area (Å²) in [5.41, 5.74) is 1.38. The third-order valence-corrected chi connectivity index (χ3v) is 3.32. The number of nitrogens with zero attached hydrogens (tertiary/aromatic N) is 2. The first kappa shape index (κ1) is 10.9. The lowest BCUT2D eigenvalue weighted by Gasteiger charge is -1.87. The molecule has 0 radical (unpaired) electrons. The number of aromatic nitrogens is 4. The van der Waals surface area contributed by atoms with Crippen LogP contribution in [0.5, 0.6) is 0 Å². The van der Waals surface area contributed by atoms with E-state index in [1.54, 1.807) is 36.9 Å². The van der Waals surface area contributed by atoms with E-state index in [4.69, 9.17) is 0 Å². The summed E-state index contributed by atoms with van der Waals surface area (Å²) >= 11 is 0. The average molecular weight is 264 g/mol. The lowest BCUT2D eigenvalue weighted by Crippen LogP contribution is -2.04. The molecule has 0 atom stereocenters. The van der Waals surface area contributed by atoms with Crippen LogP contribution in [0.1, 0.15) is 0 Å². The maximum atomic E-state index is 12.1. The summed E-state index contributed by atoms with van der Waals surface area (Å²) in [6.45, 7) is 0. The first-order valence-corrected chi connectivity index (χ1v) is 6.03. The lowest BCUT2D eigenvalue weighted by molar-refractivity contribution is 1.23. The number of nitrogens with one attached hydrogen (secondary N) is 2. The molecule has 0 saturated carbocycles. The topological polar surface area (TPSA) is 91.5 Å². The fraction of sp³-hybridized carbons (Fsp3) is 0. The van der Waals surface area contributed by atoms with E-state index in [1.165, 1.54) is 0 Å². The molecule has 0 fully saturated rings. The second-order valence-corrected chi connectivity index (χ2v) is 4.48. The van der Waals surface area contributed by atoms with Crippen LogP contribution in [0, 0.1) is 10.4 Å². The first-order chi connectivity index (χ1) is 9.75. The highest BCUT2D eigenvalue weighted by Crippen LogP contribution is 2.21. The molecule has 4 heterocycles. The number of hydrogen-bond acceptors (Lipinski definition) is 4. The highest BCUT2D eigenvalue weighted by molar-refractivity contribution is 5.65. The molecule has 0 bridgehead atoms. The molecule has 2 N–H and O–H groups in total. The highest BCUT2D eigenvalue weighted by Gasteiger charge is 2.19. The molecule has 2 aliphatic rings. The quantitative estimate of drug-likeness (QED) is 0.560. The van der Waals surface area contributed by atoms with Crippen molar-refractivity contribution < 1.29 is 0 Å². The minimum Gasteiger partial charge on any atom is -0.367 e. The molecule has 20 heavy (non-hydrogen) atoms. The van der Waals surface area contributed by atoms with Crippen molar-refractivity contribution in [3.8, 4) is 22.5 Å². The summed E-state index contributed by atoms with van der Waals surface area (Å²) in [6.07, 6.45) is 6.83. The van der Waals surface area contributed by atoms with Crippen LogP contribution in [-0.4, -0.2) is 19.9 Å². The molecule has 6 nitrogen and oxygen atoms in total. The van der Waals surface area contributed by atoms with Gasteiger partial charge in [0.25, 0.3) is 11.1 Å². The van der Waals surface area contributed by atoms with Crippen molar-refractivity contribution in [1.82, 2.24) is 19.9 Å². The molecule has 0 amide bonds. The molecular weight excluding hydrogens is 256 g/mol. The zero-order valence-corrected chi connectivity index (χ0v) is 10.2. The average Bonchev–Trinajstić information content (AvgIpc) is 3.17. The van der Waals surface area contributed by atoms with Gasteiger partial charge in [-0.2, -0.15) is 0 Å². The standard InChI is InChI=1S/C14H8N4O2/c19-13-9-10(12(18-13)8-2-4-16-6-8)14(20)17-11(9)7-1-3-15-5-7/h1-6,15-16H.